The number of para-hydroxylation sites is 2. The molecular weight excluding hydrogens is 376 g/mol. The van der Waals surface area contributed by atoms with Crippen LogP contribution in [0.5, 0.6) is 5.75 Å². The van der Waals surface area contributed by atoms with E-state index >= 15 is 0 Å². The Kier molecular flexibility index (Phi) is 5.13. The van der Waals surface area contributed by atoms with E-state index < -0.39 is 0 Å². The van der Waals surface area contributed by atoms with Crippen LogP contribution in [0.4, 0.5) is 5.69 Å². The van der Waals surface area contributed by atoms with Crippen LogP contribution in [-0.4, -0.2) is 27.5 Å². The van der Waals surface area contributed by atoms with Crippen molar-refractivity contribution in [1.29, 1.82) is 0 Å². The number of ether oxygens (including phenoxy) is 1. The van der Waals surface area contributed by atoms with Gasteiger partial charge in [-0.25, -0.2) is 4.68 Å². The number of thiophene rings is 1. The van der Waals surface area contributed by atoms with Crippen molar-refractivity contribution >= 4 is 33.1 Å². The molecule has 1 aromatic carbocycles. The monoisotopic (exact) mass is 398 g/mol. The van der Waals surface area contributed by atoms with Crippen molar-refractivity contribution in [2.75, 3.05) is 11.9 Å². The third-order valence-electron chi connectivity index (χ3n) is 4.94. The smallest absolute Gasteiger partial charge is 0.279 e. The van der Waals surface area contributed by atoms with Crippen LogP contribution < -0.4 is 15.6 Å². The van der Waals surface area contributed by atoms with Gasteiger partial charge in [-0.05, 0) is 49.8 Å². The second-order valence-electron chi connectivity index (χ2n) is 7.06. The summed E-state index contributed by atoms with van der Waals surface area (Å²) in [6, 6.07) is 7.20. The van der Waals surface area contributed by atoms with Crippen LogP contribution in [0, 0.1) is 5.92 Å². The van der Waals surface area contributed by atoms with E-state index in [9.17, 15) is 9.59 Å². The fraction of sp³-hybridized carbons (Fsp3) is 0.400. The average Bonchev–Trinajstić information content (AvgIpc) is 3.04. The zero-order chi connectivity index (χ0) is 19.7. The Morgan fingerprint density at radius 1 is 1.39 bits per heavy atom. The van der Waals surface area contributed by atoms with Crippen LogP contribution in [0.25, 0.3) is 10.2 Å². The van der Waals surface area contributed by atoms with E-state index in [-0.39, 0.29) is 18.0 Å². The normalized spacial score (nSPS) is 16.0. The van der Waals surface area contributed by atoms with E-state index in [1.807, 2.05) is 19.1 Å². The van der Waals surface area contributed by atoms with Crippen LogP contribution in [0.2, 0.25) is 0 Å². The first-order chi connectivity index (χ1) is 13.6. The lowest BCUT2D eigenvalue weighted by atomic mass is 9.89. The topological polar surface area (TPSA) is 86.1 Å². The molecule has 3 aromatic rings. The van der Waals surface area contributed by atoms with E-state index in [0.717, 1.165) is 29.5 Å². The number of amides is 1. The predicted octanol–water partition coefficient (Wildman–Crippen LogP) is 3.02. The molecule has 8 heteroatoms. The standard InChI is InChI=1S/C20H22N4O3S/c1-3-27-15-7-5-4-6-14(15)21-17(25)11-24-20(26)18-13-9-8-12(2)10-16(13)28-19(18)22-23-24/h4-7,12H,3,8-11H2,1-2H3,(H,21,25)/t12-/m1/s1. The van der Waals surface area contributed by atoms with Crippen LogP contribution in [-0.2, 0) is 24.2 Å². The summed E-state index contributed by atoms with van der Waals surface area (Å²) in [4.78, 5) is 27.4. The second-order valence-corrected chi connectivity index (χ2v) is 8.15. The molecule has 146 valence electrons. The van der Waals surface area contributed by atoms with Crippen molar-refractivity contribution in [3.8, 4) is 5.75 Å². The molecule has 28 heavy (non-hydrogen) atoms. The first kappa shape index (κ1) is 18.6. The van der Waals surface area contributed by atoms with Gasteiger partial charge in [0.25, 0.3) is 5.56 Å². The maximum atomic E-state index is 13.0. The molecule has 0 unspecified atom stereocenters. The number of rotatable bonds is 5. The molecule has 1 aliphatic rings. The van der Waals surface area contributed by atoms with Gasteiger partial charge >= 0.3 is 0 Å². The summed E-state index contributed by atoms with van der Waals surface area (Å²) in [5, 5.41) is 11.6. The van der Waals surface area contributed by atoms with Gasteiger partial charge in [-0.3, -0.25) is 9.59 Å². The highest BCUT2D eigenvalue weighted by Crippen LogP contribution is 2.35. The third kappa shape index (κ3) is 3.52. The van der Waals surface area contributed by atoms with Crippen molar-refractivity contribution in [2.45, 2.75) is 39.7 Å². The van der Waals surface area contributed by atoms with Crippen LogP contribution in [0.15, 0.2) is 29.1 Å². The summed E-state index contributed by atoms with van der Waals surface area (Å²) >= 11 is 1.55. The molecule has 1 N–H and O–H groups in total. The molecule has 2 heterocycles. The van der Waals surface area contributed by atoms with Crippen molar-refractivity contribution < 1.29 is 9.53 Å². The Morgan fingerprint density at radius 2 is 2.21 bits per heavy atom. The number of carbonyl (C=O) groups excluding carboxylic acids is 1. The zero-order valence-corrected chi connectivity index (χ0v) is 16.7. The fourth-order valence-electron chi connectivity index (χ4n) is 3.57. The van der Waals surface area contributed by atoms with Crippen LogP contribution in [0.1, 0.15) is 30.7 Å². The fourth-order valence-corrected chi connectivity index (χ4v) is 4.89. The summed E-state index contributed by atoms with van der Waals surface area (Å²) in [6.45, 7) is 4.41. The molecule has 7 nitrogen and oxygen atoms in total. The van der Waals surface area contributed by atoms with E-state index in [1.54, 1.807) is 23.5 Å². The molecule has 1 aliphatic carbocycles. The zero-order valence-electron chi connectivity index (χ0n) is 15.9. The van der Waals surface area contributed by atoms with Crippen molar-refractivity contribution in [3.63, 3.8) is 0 Å². The summed E-state index contributed by atoms with van der Waals surface area (Å²) in [5.74, 6) is 0.862. The molecule has 1 atom stereocenters. The van der Waals surface area contributed by atoms with Gasteiger partial charge in [-0.15, -0.1) is 16.4 Å². The SMILES string of the molecule is CCOc1ccccc1NC(=O)Cn1nnc2sc3c(c2c1=O)CC[C@@H](C)C3. The third-order valence-corrected chi connectivity index (χ3v) is 6.08. The number of fused-ring (bicyclic) bond motifs is 3. The largest absolute Gasteiger partial charge is 0.492 e. The quantitative estimate of drug-likeness (QED) is 0.714. The highest BCUT2D eigenvalue weighted by Gasteiger charge is 2.24. The Balaban J connectivity index is 1.59. The maximum absolute atomic E-state index is 13.0. The number of anilines is 1. The van der Waals surface area contributed by atoms with Crippen molar-refractivity contribution in [2.24, 2.45) is 5.92 Å². The van der Waals surface area contributed by atoms with Gasteiger partial charge in [0, 0.05) is 4.88 Å². The number of carbonyl (C=O) groups is 1. The van der Waals surface area contributed by atoms with Gasteiger partial charge in [0.2, 0.25) is 5.91 Å². The lowest BCUT2D eigenvalue weighted by Crippen LogP contribution is -2.30. The number of benzene rings is 1. The molecule has 0 spiro atoms. The first-order valence-corrected chi connectivity index (χ1v) is 10.3. The molecule has 0 fully saturated rings. The van der Waals surface area contributed by atoms with Crippen LogP contribution in [0.3, 0.4) is 0 Å². The van der Waals surface area contributed by atoms with Gasteiger partial charge in [0.05, 0.1) is 17.7 Å². The average molecular weight is 398 g/mol. The van der Waals surface area contributed by atoms with E-state index in [0.29, 0.717) is 34.2 Å². The summed E-state index contributed by atoms with van der Waals surface area (Å²) in [7, 11) is 0. The van der Waals surface area contributed by atoms with E-state index in [2.05, 4.69) is 22.6 Å². The molecule has 4 rings (SSSR count). The first-order valence-electron chi connectivity index (χ1n) is 9.46. The molecule has 0 saturated heterocycles. The molecule has 1 amide bonds. The highest BCUT2D eigenvalue weighted by molar-refractivity contribution is 7.18. The Bertz CT molecular complexity index is 1090. The molecular formula is C20H22N4O3S. The Labute approximate surface area is 166 Å². The van der Waals surface area contributed by atoms with Gasteiger partial charge < -0.3 is 10.1 Å². The summed E-state index contributed by atoms with van der Waals surface area (Å²) in [6.07, 6.45) is 2.92. The summed E-state index contributed by atoms with van der Waals surface area (Å²) in [5.41, 5.74) is 1.41. The molecule has 0 aliphatic heterocycles. The minimum Gasteiger partial charge on any atom is -0.492 e. The van der Waals surface area contributed by atoms with Crippen LogP contribution >= 0.6 is 11.3 Å². The van der Waals surface area contributed by atoms with E-state index in [1.165, 1.54) is 4.88 Å². The maximum Gasteiger partial charge on any atom is 0.279 e. The minimum atomic E-state index is -0.347. The highest BCUT2D eigenvalue weighted by atomic mass is 32.1. The second kappa shape index (κ2) is 7.71. The predicted molar refractivity (Wildman–Crippen MR) is 109 cm³/mol. The van der Waals surface area contributed by atoms with Gasteiger partial charge in [-0.2, -0.15) is 0 Å². The lowest BCUT2D eigenvalue weighted by molar-refractivity contribution is -0.117. The van der Waals surface area contributed by atoms with Gasteiger partial charge in [0.15, 0.2) is 4.83 Å². The van der Waals surface area contributed by atoms with E-state index in [4.69, 9.17) is 4.74 Å². The van der Waals surface area contributed by atoms with Gasteiger partial charge in [0.1, 0.15) is 12.3 Å². The number of nitrogens with zero attached hydrogens (tertiary/aromatic N) is 3. The van der Waals surface area contributed by atoms with Gasteiger partial charge in [-0.1, -0.05) is 24.3 Å². The van der Waals surface area contributed by atoms with Crippen molar-refractivity contribution in [3.05, 3.63) is 45.1 Å². The minimum absolute atomic E-state index is 0.191. The molecule has 2 aromatic heterocycles. The Morgan fingerprint density at radius 3 is 3.04 bits per heavy atom. The van der Waals surface area contributed by atoms with Crippen molar-refractivity contribution in [1.82, 2.24) is 15.0 Å². The number of nitrogens with one attached hydrogen (secondary N) is 1. The number of aryl methyl sites for hydroxylation is 1. The lowest BCUT2D eigenvalue weighted by Gasteiger charge is -2.17. The molecule has 0 saturated carbocycles. The molecule has 0 bridgehead atoms. The summed E-state index contributed by atoms with van der Waals surface area (Å²) < 4.78 is 6.66. The number of hydrogen-bond donors (Lipinski definition) is 1. The molecule has 0 radical (unpaired) electrons. The Hall–Kier alpha value is -2.74. The number of hydrogen-bond acceptors (Lipinski definition) is 6. The number of aromatic nitrogens is 3.